The molecule has 0 saturated carbocycles. The first-order valence-corrected chi connectivity index (χ1v) is 3.69. The number of ether oxygens (including phenoxy) is 1. The molecule has 1 saturated heterocycles. The van der Waals surface area contributed by atoms with Crippen LogP contribution >= 0.6 is 12.6 Å². The number of hydrogen-bond acceptors (Lipinski definition) is 4. The molecule has 1 fully saturated rings. The van der Waals surface area contributed by atoms with Crippen LogP contribution in [-0.4, -0.2) is 43.0 Å². The highest BCUT2D eigenvalue weighted by atomic mass is 32.1. The molecule has 1 heterocycles. The number of hydrogen-bond donors (Lipinski definition) is 2. The minimum atomic E-state index is -0.871. The lowest BCUT2D eigenvalue weighted by atomic mass is 9.95. The van der Waals surface area contributed by atoms with Crippen LogP contribution in [0.5, 0.6) is 0 Å². The summed E-state index contributed by atoms with van der Waals surface area (Å²) in [6, 6.07) is -0.659. The lowest BCUT2D eigenvalue weighted by Gasteiger charge is -2.11. The Morgan fingerprint density at radius 1 is 1.73 bits per heavy atom. The SMILES string of the molecule is [B]C1OC(COF)C(O)C1S. The second-order valence-electron chi connectivity index (χ2n) is 2.40. The van der Waals surface area contributed by atoms with E-state index in [-0.39, 0.29) is 6.61 Å². The van der Waals surface area contributed by atoms with Crippen molar-refractivity contribution in [2.24, 2.45) is 0 Å². The highest BCUT2D eigenvalue weighted by Gasteiger charge is 2.38. The third kappa shape index (κ3) is 1.87. The fourth-order valence-electron chi connectivity index (χ4n) is 0.977. The summed E-state index contributed by atoms with van der Waals surface area (Å²) < 4.78 is 16.2. The predicted molar refractivity (Wildman–Crippen MR) is 40.3 cm³/mol. The fraction of sp³-hybridized carbons (Fsp3) is 1.00. The zero-order valence-corrected chi connectivity index (χ0v) is 6.58. The van der Waals surface area contributed by atoms with Gasteiger partial charge in [0.2, 0.25) is 0 Å². The van der Waals surface area contributed by atoms with Crippen LogP contribution in [0.4, 0.5) is 4.53 Å². The van der Waals surface area contributed by atoms with E-state index in [1.54, 1.807) is 0 Å². The summed E-state index contributed by atoms with van der Waals surface area (Å²) in [4.78, 5) is 3.32. The molecule has 11 heavy (non-hydrogen) atoms. The minimum Gasteiger partial charge on any atom is -0.389 e. The van der Waals surface area contributed by atoms with Crippen molar-refractivity contribution in [2.45, 2.75) is 23.5 Å². The molecular weight excluding hydrogens is 170 g/mol. The van der Waals surface area contributed by atoms with E-state index >= 15 is 0 Å². The Morgan fingerprint density at radius 2 is 2.36 bits per heavy atom. The molecule has 6 heteroatoms. The van der Waals surface area contributed by atoms with E-state index in [1.807, 2.05) is 0 Å². The van der Waals surface area contributed by atoms with Gasteiger partial charge >= 0.3 is 0 Å². The van der Waals surface area contributed by atoms with Crippen LogP contribution in [0.15, 0.2) is 0 Å². The Labute approximate surface area is 70.6 Å². The van der Waals surface area contributed by atoms with Gasteiger partial charge in [-0.2, -0.15) is 17.6 Å². The first kappa shape index (κ1) is 9.31. The normalized spacial score (nSPS) is 44.6. The van der Waals surface area contributed by atoms with Crippen molar-refractivity contribution in [2.75, 3.05) is 6.61 Å². The Hall–Kier alpha value is 0.225. The molecule has 1 N–H and O–H groups in total. The monoisotopic (exact) mass is 178 g/mol. The van der Waals surface area contributed by atoms with Crippen LogP contribution in [0, 0.1) is 0 Å². The topological polar surface area (TPSA) is 38.7 Å². The van der Waals surface area contributed by atoms with E-state index in [2.05, 4.69) is 17.6 Å². The molecular formula is C5H8BFO3S. The molecule has 4 unspecified atom stereocenters. The number of halogens is 1. The maximum Gasteiger partial charge on any atom is 0.116 e. The van der Waals surface area contributed by atoms with Gasteiger partial charge in [-0.05, 0) is 4.53 Å². The molecule has 0 bridgehead atoms. The van der Waals surface area contributed by atoms with Gasteiger partial charge in [-0.1, -0.05) is 0 Å². The minimum absolute atomic E-state index is 0.314. The molecule has 0 aromatic heterocycles. The Bertz CT molecular complexity index is 139. The summed E-state index contributed by atoms with van der Waals surface area (Å²) in [5.74, 6) is 0. The van der Waals surface area contributed by atoms with Gasteiger partial charge < -0.3 is 9.84 Å². The highest BCUT2D eigenvalue weighted by Crippen LogP contribution is 2.23. The summed E-state index contributed by atoms with van der Waals surface area (Å²) in [7, 11) is 5.35. The van der Waals surface area contributed by atoms with Crippen molar-refractivity contribution in [3.05, 3.63) is 0 Å². The molecule has 0 amide bonds. The molecule has 0 spiro atoms. The molecule has 62 valence electrons. The third-order valence-electron chi connectivity index (χ3n) is 1.63. The van der Waals surface area contributed by atoms with Crippen molar-refractivity contribution in [1.82, 2.24) is 0 Å². The third-order valence-corrected chi connectivity index (χ3v) is 2.23. The molecule has 1 aliphatic heterocycles. The largest absolute Gasteiger partial charge is 0.389 e. The van der Waals surface area contributed by atoms with Gasteiger partial charge in [-0.3, -0.25) is 0 Å². The first-order valence-electron chi connectivity index (χ1n) is 3.17. The summed E-state index contributed by atoms with van der Waals surface area (Å²) in [6.45, 7) is -0.314. The molecule has 0 aliphatic carbocycles. The van der Waals surface area contributed by atoms with Crippen molar-refractivity contribution in [3.63, 3.8) is 0 Å². The number of aliphatic hydroxyl groups is 1. The van der Waals surface area contributed by atoms with Gasteiger partial charge in [-0.25, -0.2) is 0 Å². The molecule has 2 radical (unpaired) electrons. The van der Waals surface area contributed by atoms with Gasteiger partial charge in [0.25, 0.3) is 0 Å². The summed E-state index contributed by atoms with van der Waals surface area (Å²) in [5, 5.41) is 8.75. The standard InChI is InChI=1S/C5H8BFO3S/c6-5-4(11)3(8)2(10-5)1-9-7/h2-5,8,11H,1H2. The molecule has 0 aromatic rings. The van der Waals surface area contributed by atoms with Crippen molar-refractivity contribution in [1.29, 1.82) is 0 Å². The number of rotatable bonds is 2. The molecule has 1 rings (SSSR count). The van der Waals surface area contributed by atoms with Gasteiger partial charge in [0.15, 0.2) is 0 Å². The summed E-state index contributed by atoms with van der Waals surface area (Å²) >= 11 is 3.96. The summed E-state index contributed by atoms with van der Waals surface area (Å²) in [6.07, 6.45) is -1.58. The first-order chi connectivity index (χ1) is 5.16. The Balaban J connectivity index is 2.45. The quantitative estimate of drug-likeness (QED) is 0.439. The second-order valence-corrected chi connectivity index (χ2v) is 2.99. The van der Waals surface area contributed by atoms with E-state index in [4.69, 9.17) is 12.6 Å². The van der Waals surface area contributed by atoms with Gasteiger partial charge in [-0.15, -0.1) is 0 Å². The van der Waals surface area contributed by atoms with E-state index in [0.717, 1.165) is 0 Å². The lowest BCUT2D eigenvalue weighted by molar-refractivity contribution is -0.169. The molecule has 4 atom stereocenters. The van der Waals surface area contributed by atoms with Crippen molar-refractivity contribution < 1.29 is 19.3 Å². The smallest absolute Gasteiger partial charge is 0.116 e. The van der Waals surface area contributed by atoms with E-state index in [0.29, 0.717) is 0 Å². The zero-order valence-electron chi connectivity index (χ0n) is 5.68. The van der Waals surface area contributed by atoms with Gasteiger partial charge in [0.1, 0.15) is 20.6 Å². The Kier molecular flexibility index (Phi) is 3.18. The van der Waals surface area contributed by atoms with E-state index in [9.17, 15) is 9.63 Å². The number of aliphatic hydroxyl groups excluding tert-OH is 1. The van der Waals surface area contributed by atoms with E-state index < -0.39 is 23.5 Å². The van der Waals surface area contributed by atoms with Crippen LogP contribution in [0.3, 0.4) is 0 Å². The van der Waals surface area contributed by atoms with Crippen LogP contribution in [-0.2, 0) is 9.68 Å². The van der Waals surface area contributed by atoms with Crippen LogP contribution in [0.25, 0.3) is 0 Å². The predicted octanol–water partition coefficient (Wildman–Crippen LogP) is -0.560. The summed E-state index contributed by atoms with van der Waals surface area (Å²) in [5.41, 5.74) is 0. The lowest BCUT2D eigenvalue weighted by Crippen LogP contribution is -2.30. The van der Waals surface area contributed by atoms with Crippen molar-refractivity contribution in [3.8, 4) is 0 Å². The van der Waals surface area contributed by atoms with Crippen LogP contribution in [0.2, 0.25) is 0 Å². The molecule has 1 aliphatic rings. The van der Waals surface area contributed by atoms with E-state index in [1.165, 1.54) is 0 Å². The Morgan fingerprint density at radius 3 is 2.73 bits per heavy atom. The second kappa shape index (κ2) is 3.75. The number of thiol groups is 1. The average molecular weight is 178 g/mol. The molecule has 3 nitrogen and oxygen atoms in total. The zero-order chi connectivity index (χ0) is 8.43. The highest BCUT2D eigenvalue weighted by molar-refractivity contribution is 7.81. The van der Waals surface area contributed by atoms with Crippen LogP contribution < -0.4 is 0 Å². The van der Waals surface area contributed by atoms with Crippen molar-refractivity contribution >= 4 is 20.5 Å². The van der Waals surface area contributed by atoms with Gasteiger partial charge in [0, 0.05) is 11.3 Å². The fourth-order valence-corrected chi connectivity index (χ4v) is 1.24. The van der Waals surface area contributed by atoms with Gasteiger partial charge in [0.05, 0.1) is 6.10 Å². The average Bonchev–Trinajstić information content (AvgIpc) is 2.19. The maximum absolute atomic E-state index is 11.3. The molecule has 0 aromatic carbocycles. The maximum atomic E-state index is 11.3. The van der Waals surface area contributed by atoms with Crippen LogP contribution in [0.1, 0.15) is 0 Å².